The van der Waals surface area contributed by atoms with Crippen LogP contribution in [-0.2, 0) is 0 Å². The Morgan fingerprint density at radius 2 is 1.03 bits per heavy atom. The van der Waals surface area contributed by atoms with Gasteiger partial charge < -0.3 is 10.6 Å². The predicted molar refractivity (Wildman–Crippen MR) is 145 cm³/mol. The van der Waals surface area contributed by atoms with E-state index in [1.807, 2.05) is 26.2 Å². The maximum atomic E-state index is 4.99. The Morgan fingerprint density at radius 3 is 1.56 bits per heavy atom. The second-order valence-electron chi connectivity index (χ2n) is 8.20. The lowest BCUT2D eigenvalue weighted by Crippen LogP contribution is -1.95. The van der Waals surface area contributed by atoms with E-state index in [4.69, 9.17) is 4.98 Å². The van der Waals surface area contributed by atoms with Crippen molar-refractivity contribution in [3.05, 3.63) is 115 Å². The zero-order chi connectivity index (χ0) is 23.3. The minimum absolute atomic E-state index is 0.972. The maximum Gasteiger partial charge on any atom is 0.0715 e. The first-order chi connectivity index (χ1) is 16.7. The molecule has 0 spiro atoms. The SMILES string of the molecule is CNc1ccc(NC)c(-c2ccc(-c3cc(-c4ccccc4)nc(-c4ccccc4)c3)cc2)c1. The van der Waals surface area contributed by atoms with Crippen LogP contribution in [0.4, 0.5) is 11.4 Å². The fraction of sp³-hybridized carbons (Fsp3) is 0.0645. The summed E-state index contributed by atoms with van der Waals surface area (Å²) in [5.41, 5.74) is 11.0. The molecule has 34 heavy (non-hydrogen) atoms. The van der Waals surface area contributed by atoms with Crippen LogP contribution in [0.15, 0.2) is 115 Å². The smallest absolute Gasteiger partial charge is 0.0715 e. The van der Waals surface area contributed by atoms with Crippen molar-refractivity contribution in [2.45, 2.75) is 0 Å². The number of benzene rings is 4. The average molecular weight is 442 g/mol. The third kappa shape index (κ3) is 4.41. The van der Waals surface area contributed by atoms with Gasteiger partial charge in [-0.15, -0.1) is 0 Å². The third-order valence-electron chi connectivity index (χ3n) is 6.07. The summed E-state index contributed by atoms with van der Waals surface area (Å²) in [6.07, 6.45) is 0. The molecule has 0 unspecified atom stereocenters. The van der Waals surface area contributed by atoms with Gasteiger partial charge in [0.05, 0.1) is 11.4 Å². The molecule has 2 N–H and O–H groups in total. The van der Waals surface area contributed by atoms with Gasteiger partial charge in [-0.05, 0) is 47.0 Å². The highest BCUT2D eigenvalue weighted by Crippen LogP contribution is 2.34. The van der Waals surface area contributed by atoms with Gasteiger partial charge in [-0.3, -0.25) is 0 Å². The first-order valence-electron chi connectivity index (χ1n) is 11.5. The molecule has 3 nitrogen and oxygen atoms in total. The van der Waals surface area contributed by atoms with Gasteiger partial charge in [0.2, 0.25) is 0 Å². The van der Waals surface area contributed by atoms with E-state index in [-0.39, 0.29) is 0 Å². The number of pyridine rings is 1. The number of nitrogens with one attached hydrogen (secondary N) is 2. The Kier molecular flexibility index (Phi) is 6.09. The lowest BCUT2D eigenvalue weighted by molar-refractivity contribution is 1.32. The third-order valence-corrected chi connectivity index (χ3v) is 6.07. The summed E-state index contributed by atoms with van der Waals surface area (Å²) < 4.78 is 0. The van der Waals surface area contributed by atoms with E-state index in [1.54, 1.807) is 0 Å². The molecular weight excluding hydrogens is 414 g/mol. The fourth-order valence-corrected chi connectivity index (χ4v) is 4.21. The number of hydrogen-bond donors (Lipinski definition) is 2. The molecule has 0 saturated carbocycles. The van der Waals surface area contributed by atoms with Crippen LogP contribution in [0.2, 0.25) is 0 Å². The first-order valence-corrected chi connectivity index (χ1v) is 11.5. The Hall–Kier alpha value is -4.37. The van der Waals surface area contributed by atoms with E-state index in [1.165, 1.54) is 11.1 Å². The Balaban J connectivity index is 1.59. The first kappa shape index (κ1) is 21.5. The Labute approximate surface area is 201 Å². The Bertz CT molecular complexity index is 1330. The largest absolute Gasteiger partial charge is 0.388 e. The van der Waals surface area contributed by atoms with Gasteiger partial charge in [0.1, 0.15) is 0 Å². The molecule has 166 valence electrons. The minimum Gasteiger partial charge on any atom is -0.388 e. The predicted octanol–water partition coefficient (Wildman–Crippen LogP) is 7.83. The highest BCUT2D eigenvalue weighted by Gasteiger charge is 2.10. The zero-order valence-electron chi connectivity index (χ0n) is 19.4. The van der Waals surface area contributed by atoms with Gasteiger partial charge in [-0.2, -0.15) is 0 Å². The Morgan fingerprint density at radius 1 is 0.471 bits per heavy atom. The molecule has 3 heteroatoms. The van der Waals surface area contributed by atoms with Crippen molar-refractivity contribution in [1.29, 1.82) is 0 Å². The molecule has 0 fully saturated rings. The lowest BCUT2D eigenvalue weighted by atomic mass is 9.97. The summed E-state index contributed by atoms with van der Waals surface area (Å²) in [6.45, 7) is 0. The van der Waals surface area contributed by atoms with Crippen molar-refractivity contribution < 1.29 is 0 Å². The number of anilines is 2. The van der Waals surface area contributed by atoms with E-state index in [9.17, 15) is 0 Å². The summed E-state index contributed by atoms with van der Waals surface area (Å²) >= 11 is 0. The topological polar surface area (TPSA) is 37.0 Å². The summed E-state index contributed by atoms with van der Waals surface area (Å²) in [5.74, 6) is 0. The molecule has 0 bridgehead atoms. The fourth-order valence-electron chi connectivity index (χ4n) is 4.21. The van der Waals surface area contributed by atoms with Crippen LogP contribution in [0.25, 0.3) is 44.8 Å². The van der Waals surface area contributed by atoms with E-state index in [0.717, 1.165) is 45.0 Å². The van der Waals surface area contributed by atoms with Crippen LogP contribution >= 0.6 is 0 Å². The molecule has 0 saturated heterocycles. The summed E-state index contributed by atoms with van der Waals surface area (Å²) in [6, 6.07) is 40.2. The summed E-state index contributed by atoms with van der Waals surface area (Å²) in [4.78, 5) is 4.99. The number of hydrogen-bond acceptors (Lipinski definition) is 3. The molecule has 1 heterocycles. The van der Waals surface area contributed by atoms with Crippen LogP contribution in [0, 0.1) is 0 Å². The maximum absolute atomic E-state index is 4.99. The van der Waals surface area contributed by atoms with Crippen LogP contribution in [0.1, 0.15) is 0 Å². The number of nitrogens with zero attached hydrogens (tertiary/aromatic N) is 1. The van der Waals surface area contributed by atoms with Crippen molar-refractivity contribution in [2.24, 2.45) is 0 Å². The molecule has 0 aliphatic heterocycles. The van der Waals surface area contributed by atoms with E-state index in [2.05, 4.69) is 114 Å². The van der Waals surface area contributed by atoms with Crippen molar-refractivity contribution >= 4 is 11.4 Å². The molecule has 0 radical (unpaired) electrons. The van der Waals surface area contributed by atoms with Crippen molar-refractivity contribution in [2.75, 3.05) is 24.7 Å². The normalized spacial score (nSPS) is 10.6. The van der Waals surface area contributed by atoms with Gasteiger partial charge in [0, 0.05) is 42.2 Å². The second kappa shape index (κ2) is 9.63. The van der Waals surface area contributed by atoms with Gasteiger partial charge in [0.25, 0.3) is 0 Å². The molecule has 0 atom stereocenters. The summed E-state index contributed by atoms with van der Waals surface area (Å²) in [5, 5.41) is 6.54. The van der Waals surface area contributed by atoms with Gasteiger partial charge >= 0.3 is 0 Å². The molecule has 0 aliphatic carbocycles. The monoisotopic (exact) mass is 441 g/mol. The average Bonchev–Trinajstić information content (AvgIpc) is 2.93. The number of rotatable bonds is 6. The zero-order valence-corrected chi connectivity index (χ0v) is 19.4. The van der Waals surface area contributed by atoms with Crippen molar-refractivity contribution in [3.8, 4) is 44.8 Å². The van der Waals surface area contributed by atoms with Gasteiger partial charge in [0.15, 0.2) is 0 Å². The van der Waals surface area contributed by atoms with E-state index >= 15 is 0 Å². The van der Waals surface area contributed by atoms with E-state index < -0.39 is 0 Å². The van der Waals surface area contributed by atoms with Crippen LogP contribution in [0.5, 0.6) is 0 Å². The van der Waals surface area contributed by atoms with Crippen molar-refractivity contribution in [1.82, 2.24) is 4.98 Å². The minimum atomic E-state index is 0.972. The van der Waals surface area contributed by atoms with Crippen LogP contribution in [-0.4, -0.2) is 19.1 Å². The van der Waals surface area contributed by atoms with Crippen molar-refractivity contribution in [3.63, 3.8) is 0 Å². The second-order valence-corrected chi connectivity index (χ2v) is 8.20. The molecule has 5 rings (SSSR count). The van der Waals surface area contributed by atoms with Gasteiger partial charge in [-0.25, -0.2) is 4.98 Å². The molecular formula is C31H27N3. The van der Waals surface area contributed by atoms with Crippen LogP contribution < -0.4 is 10.6 Å². The number of aromatic nitrogens is 1. The molecule has 5 aromatic rings. The summed E-state index contributed by atoms with van der Waals surface area (Å²) in [7, 11) is 3.90. The molecule has 1 aromatic heterocycles. The lowest BCUT2D eigenvalue weighted by Gasteiger charge is -2.13. The molecule has 4 aromatic carbocycles. The highest BCUT2D eigenvalue weighted by molar-refractivity contribution is 5.83. The van der Waals surface area contributed by atoms with Gasteiger partial charge in [-0.1, -0.05) is 84.9 Å². The van der Waals surface area contributed by atoms with Crippen LogP contribution in [0.3, 0.4) is 0 Å². The molecule has 0 amide bonds. The standard InChI is InChI=1S/C31H27N3/c1-32-27-17-18-29(33-2)28(21-27)23-15-13-22(14-16-23)26-19-30(24-9-5-3-6-10-24)34-31(20-26)25-11-7-4-8-12-25/h3-21,32-33H,1-2H3. The van der Waals surface area contributed by atoms with E-state index in [0.29, 0.717) is 0 Å². The molecule has 0 aliphatic rings. The quantitative estimate of drug-likeness (QED) is 0.282. The highest BCUT2D eigenvalue weighted by atomic mass is 14.8.